The Labute approximate surface area is 122 Å². The molecule has 4 heteroatoms. The summed E-state index contributed by atoms with van der Waals surface area (Å²) in [6.45, 7) is 2.03. The molecule has 1 aromatic heterocycles. The average Bonchev–Trinajstić information content (AvgIpc) is 2.47. The third kappa shape index (κ3) is 2.10. The van der Waals surface area contributed by atoms with Crippen LogP contribution in [0.5, 0.6) is 0 Å². The molecule has 0 amide bonds. The summed E-state index contributed by atoms with van der Waals surface area (Å²) in [5.74, 6) is 0.733. The summed E-state index contributed by atoms with van der Waals surface area (Å²) >= 11 is 6.28. The van der Waals surface area contributed by atoms with Crippen molar-refractivity contribution < 1.29 is 0 Å². The van der Waals surface area contributed by atoms with Gasteiger partial charge in [-0.1, -0.05) is 41.9 Å². The molecule has 0 fully saturated rings. The Morgan fingerprint density at radius 3 is 2.55 bits per heavy atom. The predicted molar refractivity (Wildman–Crippen MR) is 84.3 cm³/mol. The lowest BCUT2D eigenvalue weighted by atomic mass is 10.1. The number of aromatic nitrogens is 2. The molecule has 0 aliphatic carbocycles. The Bertz CT molecular complexity index is 784. The molecule has 3 nitrogen and oxygen atoms in total. The Hall–Kier alpha value is -2.13. The molecule has 0 aliphatic heterocycles. The molecule has 0 spiro atoms. The van der Waals surface area contributed by atoms with Gasteiger partial charge < -0.3 is 5.32 Å². The highest BCUT2D eigenvalue weighted by Crippen LogP contribution is 2.32. The number of benzene rings is 2. The highest BCUT2D eigenvalue weighted by atomic mass is 35.5. The van der Waals surface area contributed by atoms with Crippen molar-refractivity contribution in [3.8, 4) is 11.3 Å². The molecule has 100 valence electrons. The summed E-state index contributed by atoms with van der Waals surface area (Å²) in [7, 11) is 1.84. The lowest BCUT2D eigenvalue weighted by Crippen LogP contribution is -2.00. The standard InChI is InChI=1S/C16H14ClN3/c1-10-6-5-9-13-14(10)20-15(16(18-2)19-13)11-7-3-4-8-12(11)17/h3-9H,1-2H3,(H,18,19). The normalized spacial score (nSPS) is 10.8. The van der Waals surface area contributed by atoms with Crippen LogP contribution in [0.3, 0.4) is 0 Å². The van der Waals surface area contributed by atoms with Gasteiger partial charge in [-0.2, -0.15) is 0 Å². The van der Waals surface area contributed by atoms with E-state index in [1.54, 1.807) is 0 Å². The summed E-state index contributed by atoms with van der Waals surface area (Å²) in [5.41, 5.74) is 4.55. The molecule has 3 aromatic rings. The number of para-hydroxylation sites is 1. The number of halogens is 1. The fraction of sp³-hybridized carbons (Fsp3) is 0.125. The number of nitrogens with zero attached hydrogens (tertiary/aromatic N) is 2. The van der Waals surface area contributed by atoms with Crippen LogP contribution in [0.4, 0.5) is 5.82 Å². The molecule has 0 radical (unpaired) electrons. The van der Waals surface area contributed by atoms with Crippen molar-refractivity contribution in [2.45, 2.75) is 6.92 Å². The van der Waals surface area contributed by atoms with Gasteiger partial charge in [0.2, 0.25) is 0 Å². The maximum Gasteiger partial charge on any atom is 0.153 e. The van der Waals surface area contributed by atoms with Crippen LogP contribution >= 0.6 is 11.6 Å². The van der Waals surface area contributed by atoms with Crippen LogP contribution in [0.2, 0.25) is 5.02 Å². The van der Waals surface area contributed by atoms with Crippen LogP contribution < -0.4 is 5.32 Å². The molecule has 0 saturated carbocycles. The SMILES string of the molecule is CNc1nc2cccc(C)c2nc1-c1ccccc1Cl. The Morgan fingerprint density at radius 1 is 1.00 bits per heavy atom. The van der Waals surface area contributed by atoms with Gasteiger partial charge in [0.05, 0.1) is 16.1 Å². The molecule has 1 N–H and O–H groups in total. The third-order valence-electron chi connectivity index (χ3n) is 3.26. The van der Waals surface area contributed by atoms with E-state index in [-0.39, 0.29) is 0 Å². The predicted octanol–water partition coefficient (Wildman–Crippen LogP) is 4.30. The molecule has 20 heavy (non-hydrogen) atoms. The molecule has 1 heterocycles. The minimum Gasteiger partial charge on any atom is -0.371 e. The lowest BCUT2D eigenvalue weighted by molar-refractivity contribution is 1.25. The second-order valence-corrected chi connectivity index (χ2v) is 5.00. The first-order valence-electron chi connectivity index (χ1n) is 6.40. The van der Waals surface area contributed by atoms with E-state index in [1.807, 2.05) is 56.4 Å². The van der Waals surface area contributed by atoms with Gasteiger partial charge in [-0.25, -0.2) is 9.97 Å². The quantitative estimate of drug-likeness (QED) is 0.762. The monoisotopic (exact) mass is 283 g/mol. The van der Waals surface area contributed by atoms with E-state index in [4.69, 9.17) is 16.6 Å². The number of anilines is 1. The zero-order chi connectivity index (χ0) is 14.1. The van der Waals surface area contributed by atoms with Crippen LogP contribution in [0.25, 0.3) is 22.3 Å². The molecule has 3 rings (SSSR count). The molecule has 0 saturated heterocycles. The van der Waals surface area contributed by atoms with Crippen LogP contribution in [-0.4, -0.2) is 17.0 Å². The molecule has 0 unspecified atom stereocenters. The van der Waals surface area contributed by atoms with Gasteiger partial charge in [-0.05, 0) is 24.6 Å². The van der Waals surface area contributed by atoms with Gasteiger partial charge in [0.15, 0.2) is 5.82 Å². The van der Waals surface area contributed by atoms with Crippen molar-refractivity contribution in [3.05, 3.63) is 53.1 Å². The van der Waals surface area contributed by atoms with Gasteiger partial charge in [0, 0.05) is 12.6 Å². The first-order chi connectivity index (χ1) is 9.70. The second-order valence-electron chi connectivity index (χ2n) is 4.59. The first-order valence-corrected chi connectivity index (χ1v) is 6.78. The highest BCUT2D eigenvalue weighted by molar-refractivity contribution is 6.33. The van der Waals surface area contributed by atoms with Crippen molar-refractivity contribution >= 4 is 28.5 Å². The average molecular weight is 284 g/mol. The number of fused-ring (bicyclic) bond motifs is 1. The third-order valence-corrected chi connectivity index (χ3v) is 3.59. The summed E-state index contributed by atoms with van der Waals surface area (Å²) < 4.78 is 0. The van der Waals surface area contributed by atoms with E-state index in [1.165, 1.54) is 0 Å². The largest absolute Gasteiger partial charge is 0.371 e. The summed E-state index contributed by atoms with van der Waals surface area (Å²) in [6, 6.07) is 13.7. The fourth-order valence-electron chi connectivity index (χ4n) is 2.23. The highest BCUT2D eigenvalue weighted by Gasteiger charge is 2.13. The van der Waals surface area contributed by atoms with Gasteiger partial charge in [-0.3, -0.25) is 0 Å². The van der Waals surface area contributed by atoms with Gasteiger partial charge in [0.1, 0.15) is 5.69 Å². The van der Waals surface area contributed by atoms with Crippen LogP contribution in [0.15, 0.2) is 42.5 Å². The molecule has 2 aromatic carbocycles. The molecule has 0 atom stereocenters. The maximum atomic E-state index is 6.28. The zero-order valence-electron chi connectivity index (χ0n) is 11.3. The number of hydrogen-bond acceptors (Lipinski definition) is 3. The van der Waals surface area contributed by atoms with E-state index in [0.29, 0.717) is 5.02 Å². The van der Waals surface area contributed by atoms with Crippen molar-refractivity contribution in [2.75, 3.05) is 12.4 Å². The summed E-state index contributed by atoms with van der Waals surface area (Å²) in [6.07, 6.45) is 0. The number of aryl methyl sites for hydroxylation is 1. The number of hydrogen-bond donors (Lipinski definition) is 1. The van der Waals surface area contributed by atoms with Crippen molar-refractivity contribution in [2.24, 2.45) is 0 Å². The second kappa shape index (κ2) is 5.10. The van der Waals surface area contributed by atoms with Crippen molar-refractivity contribution in [3.63, 3.8) is 0 Å². The zero-order valence-corrected chi connectivity index (χ0v) is 12.1. The molecular weight excluding hydrogens is 270 g/mol. The minimum absolute atomic E-state index is 0.672. The topological polar surface area (TPSA) is 37.8 Å². The van der Waals surface area contributed by atoms with E-state index in [2.05, 4.69) is 10.3 Å². The lowest BCUT2D eigenvalue weighted by Gasteiger charge is -2.11. The minimum atomic E-state index is 0.672. The molecule has 0 aliphatic rings. The summed E-state index contributed by atoms with van der Waals surface area (Å²) in [4.78, 5) is 9.41. The van der Waals surface area contributed by atoms with Gasteiger partial charge >= 0.3 is 0 Å². The van der Waals surface area contributed by atoms with Crippen molar-refractivity contribution in [1.82, 2.24) is 9.97 Å². The van der Waals surface area contributed by atoms with Crippen LogP contribution in [-0.2, 0) is 0 Å². The van der Waals surface area contributed by atoms with E-state index >= 15 is 0 Å². The van der Waals surface area contributed by atoms with Gasteiger partial charge in [-0.15, -0.1) is 0 Å². The maximum absolute atomic E-state index is 6.28. The molecular formula is C16H14ClN3. The molecule has 0 bridgehead atoms. The summed E-state index contributed by atoms with van der Waals surface area (Å²) in [5, 5.41) is 3.77. The van der Waals surface area contributed by atoms with E-state index in [0.717, 1.165) is 33.7 Å². The van der Waals surface area contributed by atoms with E-state index < -0.39 is 0 Å². The smallest absolute Gasteiger partial charge is 0.153 e. The first kappa shape index (κ1) is 12.9. The fourth-order valence-corrected chi connectivity index (χ4v) is 2.46. The Morgan fingerprint density at radius 2 is 1.80 bits per heavy atom. The van der Waals surface area contributed by atoms with E-state index in [9.17, 15) is 0 Å². The van der Waals surface area contributed by atoms with Crippen LogP contribution in [0, 0.1) is 6.92 Å². The van der Waals surface area contributed by atoms with Crippen LogP contribution in [0.1, 0.15) is 5.56 Å². The number of rotatable bonds is 2. The number of nitrogens with one attached hydrogen (secondary N) is 1. The Kier molecular flexibility index (Phi) is 3.28. The Balaban J connectivity index is 2.34. The van der Waals surface area contributed by atoms with Gasteiger partial charge in [0.25, 0.3) is 0 Å². The van der Waals surface area contributed by atoms with Crippen molar-refractivity contribution in [1.29, 1.82) is 0 Å².